The van der Waals surface area contributed by atoms with E-state index >= 15 is 0 Å². The molecule has 1 atom stereocenters. The van der Waals surface area contributed by atoms with Gasteiger partial charge in [-0.25, -0.2) is 9.97 Å². The largest absolute Gasteiger partial charge is 0.486 e. The average Bonchev–Trinajstić information content (AvgIpc) is 3.49. The second-order valence-electron chi connectivity index (χ2n) is 8.70. The van der Waals surface area contributed by atoms with Crippen molar-refractivity contribution in [1.29, 1.82) is 5.26 Å². The molecule has 4 aromatic rings. The van der Waals surface area contributed by atoms with E-state index in [9.17, 15) is 5.26 Å². The Morgan fingerprint density at radius 1 is 1.20 bits per heavy atom. The van der Waals surface area contributed by atoms with E-state index in [1.54, 1.807) is 11.8 Å². The van der Waals surface area contributed by atoms with Gasteiger partial charge < -0.3 is 24.5 Å². The summed E-state index contributed by atoms with van der Waals surface area (Å²) in [5.74, 6) is 2.50. The molecule has 1 aromatic carbocycles. The Kier molecular flexibility index (Phi) is 6.25. The quantitative estimate of drug-likeness (QED) is 0.395. The first-order chi connectivity index (χ1) is 17.1. The van der Waals surface area contributed by atoms with Crippen LogP contribution >= 0.6 is 0 Å². The summed E-state index contributed by atoms with van der Waals surface area (Å²) < 4.78 is 18.3. The van der Waals surface area contributed by atoms with Crippen molar-refractivity contribution in [3.05, 3.63) is 48.0 Å². The third kappa shape index (κ3) is 4.50. The van der Waals surface area contributed by atoms with E-state index in [-0.39, 0.29) is 12.0 Å². The molecule has 10 nitrogen and oxygen atoms in total. The van der Waals surface area contributed by atoms with E-state index in [2.05, 4.69) is 51.4 Å². The van der Waals surface area contributed by atoms with Crippen molar-refractivity contribution < 1.29 is 14.2 Å². The summed E-state index contributed by atoms with van der Waals surface area (Å²) in [7, 11) is 1.63. The molecule has 180 valence electrons. The van der Waals surface area contributed by atoms with E-state index in [0.29, 0.717) is 49.1 Å². The lowest BCUT2D eigenvalue weighted by Gasteiger charge is -2.26. The number of fused-ring (bicyclic) bond motifs is 2. The molecule has 3 aromatic heterocycles. The first-order valence-electron chi connectivity index (χ1n) is 11.5. The number of H-pyrrole nitrogens is 1. The molecule has 0 aliphatic carbocycles. The van der Waals surface area contributed by atoms with Crippen LogP contribution < -0.4 is 14.8 Å². The van der Waals surface area contributed by atoms with Crippen LogP contribution in [0.2, 0.25) is 0 Å². The molecule has 35 heavy (non-hydrogen) atoms. The van der Waals surface area contributed by atoms with Crippen LogP contribution in [0.3, 0.4) is 0 Å². The van der Waals surface area contributed by atoms with E-state index < -0.39 is 0 Å². The number of nitrogens with one attached hydrogen (secondary N) is 2. The smallest absolute Gasteiger partial charge is 0.171 e. The third-order valence-electron chi connectivity index (χ3n) is 5.99. The minimum atomic E-state index is -0.0197. The summed E-state index contributed by atoms with van der Waals surface area (Å²) in [4.78, 5) is 12.3. The topological polar surface area (TPSA) is 123 Å². The van der Waals surface area contributed by atoms with Crippen molar-refractivity contribution in [1.82, 2.24) is 24.7 Å². The van der Waals surface area contributed by atoms with Gasteiger partial charge in [0.25, 0.3) is 0 Å². The summed E-state index contributed by atoms with van der Waals surface area (Å²) in [6, 6.07) is 10.2. The Balaban J connectivity index is 1.49. The number of nitrogens with zero attached hydrogens (tertiary/aromatic N) is 5. The molecular formula is C25H27N7O3. The fraction of sp³-hybridized carbons (Fsp3) is 0.360. The van der Waals surface area contributed by atoms with Crippen LogP contribution in [0, 0.1) is 17.2 Å². The van der Waals surface area contributed by atoms with Gasteiger partial charge in [-0.3, -0.25) is 4.68 Å². The lowest BCUT2D eigenvalue weighted by atomic mass is 9.95. The van der Waals surface area contributed by atoms with Crippen molar-refractivity contribution in [2.45, 2.75) is 26.4 Å². The molecule has 0 bridgehead atoms. The predicted octanol–water partition coefficient (Wildman–Crippen LogP) is 3.92. The average molecular weight is 474 g/mol. The number of rotatable bonds is 8. The van der Waals surface area contributed by atoms with Gasteiger partial charge in [-0.05, 0) is 29.7 Å². The second kappa shape index (κ2) is 9.64. The Hall–Kier alpha value is -4.10. The normalized spacial score (nSPS) is 13.7. The molecule has 0 saturated carbocycles. The number of methoxy groups -OCH3 is 1. The lowest BCUT2D eigenvalue weighted by Crippen LogP contribution is -2.19. The molecule has 10 heteroatoms. The van der Waals surface area contributed by atoms with E-state index in [4.69, 9.17) is 14.2 Å². The number of hydrogen-bond donors (Lipinski definition) is 2. The molecule has 0 amide bonds. The Morgan fingerprint density at radius 2 is 2.03 bits per heavy atom. The van der Waals surface area contributed by atoms with Crippen molar-refractivity contribution in [3.8, 4) is 28.8 Å². The standard InChI is InChI=1S/C25H27N7O3/c1-15(2)23(16-4-5-21-22(10-16)35-9-8-34-21)30-25-17-11-19(29-24(17)27-14-28-25)18-13-32(6-7-33-3)31-20(18)12-26/h4-5,10-11,13-15,23H,6-9H2,1-3H3,(H2,27,28,29,30)/t23-/m1/s1. The molecule has 0 saturated heterocycles. The maximum Gasteiger partial charge on any atom is 0.171 e. The maximum absolute atomic E-state index is 9.61. The van der Waals surface area contributed by atoms with Crippen molar-refractivity contribution in [2.24, 2.45) is 5.92 Å². The van der Waals surface area contributed by atoms with E-state index in [1.807, 2.05) is 24.4 Å². The SMILES string of the molecule is COCCn1cc(-c2cc3c(N[C@@H](c4ccc5c(c4)OCCO5)C(C)C)ncnc3[nH]2)c(C#N)n1. The summed E-state index contributed by atoms with van der Waals surface area (Å²) >= 11 is 0. The minimum absolute atomic E-state index is 0.0197. The highest BCUT2D eigenvalue weighted by atomic mass is 16.6. The van der Waals surface area contributed by atoms with Crippen LogP contribution in [0.15, 0.2) is 36.8 Å². The first kappa shape index (κ1) is 22.7. The molecule has 2 N–H and O–H groups in total. The van der Waals surface area contributed by atoms with Gasteiger partial charge in [0.15, 0.2) is 17.2 Å². The molecule has 0 unspecified atom stereocenters. The number of nitriles is 1. The molecule has 0 radical (unpaired) electrons. The molecule has 4 heterocycles. The van der Waals surface area contributed by atoms with Crippen LogP contribution in [-0.4, -0.2) is 51.7 Å². The molecule has 1 aliphatic heterocycles. The van der Waals surface area contributed by atoms with Gasteiger partial charge in [-0.1, -0.05) is 19.9 Å². The molecule has 1 aliphatic rings. The van der Waals surface area contributed by atoms with Gasteiger partial charge in [-0.2, -0.15) is 10.4 Å². The van der Waals surface area contributed by atoms with E-state index in [1.165, 1.54) is 6.33 Å². The van der Waals surface area contributed by atoms with Gasteiger partial charge in [0.1, 0.15) is 37.1 Å². The highest BCUT2D eigenvalue weighted by Crippen LogP contribution is 2.37. The second-order valence-corrected chi connectivity index (χ2v) is 8.70. The zero-order valence-electron chi connectivity index (χ0n) is 19.9. The minimum Gasteiger partial charge on any atom is -0.486 e. The summed E-state index contributed by atoms with van der Waals surface area (Å²) in [5.41, 5.74) is 3.56. The van der Waals surface area contributed by atoms with Crippen LogP contribution in [0.25, 0.3) is 22.3 Å². The summed E-state index contributed by atoms with van der Waals surface area (Å²) in [6.45, 7) is 6.48. The Bertz CT molecular complexity index is 1390. The fourth-order valence-corrected chi connectivity index (χ4v) is 4.24. The van der Waals surface area contributed by atoms with Crippen LogP contribution in [-0.2, 0) is 11.3 Å². The highest BCUT2D eigenvalue weighted by Gasteiger charge is 2.22. The van der Waals surface area contributed by atoms with Crippen LogP contribution in [0.4, 0.5) is 5.82 Å². The van der Waals surface area contributed by atoms with Gasteiger partial charge in [-0.15, -0.1) is 0 Å². The molecule has 5 rings (SSSR count). The first-order valence-corrected chi connectivity index (χ1v) is 11.5. The van der Waals surface area contributed by atoms with Gasteiger partial charge in [0.2, 0.25) is 0 Å². The Morgan fingerprint density at radius 3 is 2.80 bits per heavy atom. The number of anilines is 1. The maximum atomic E-state index is 9.61. The number of benzene rings is 1. The van der Waals surface area contributed by atoms with E-state index in [0.717, 1.165) is 28.1 Å². The summed E-state index contributed by atoms with van der Waals surface area (Å²) in [6.07, 6.45) is 3.37. The lowest BCUT2D eigenvalue weighted by molar-refractivity contribution is 0.171. The van der Waals surface area contributed by atoms with Crippen molar-refractivity contribution >= 4 is 16.9 Å². The Labute approximate surface area is 202 Å². The van der Waals surface area contributed by atoms with Crippen LogP contribution in [0.1, 0.15) is 31.1 Å². The number of aromatic nitrogens is 5. The monoisotopic (exact) mass is 473 g/mol. The predicted molar refractivity (Wildman–Crippen MR) is 130 cm³/mol. The van der Waals surface area contributed by atoms with Gasteiger partial charge in [0, 0.05) is 13.3 Å². The highest BCUT2D eigenvalue weighted by molar-refractivity contribution is 5.92. The van der Waals surface area contributed by atoms with Crippen molar-refractivity contribution in [2.75, 3.05) is 32.2 Å². The zero-order chi connectivity index (χ0) is 24.4. The van der Waals surface area contributed by atoms with Crippen LogP contribution in [0.5, 0.6) is 11.5 Å². The van der Waals surface area contributed by atoms with Gasteiger partial charge >= 0.3 is 0 Å². The molecule has 0 spiro atoms. The van der Waals surface area contributed by atoms with Gasteiger partial charge in [0.05, 0.1) is 35.8 Å². The summed E-state index contributed by atoms with van der Waals surface area (Å²) in [5, 5.41) is 18.4. The fourth-order valence-electron chi connectivity index (χ4n) is 4.24. The molecule has 0 fully saturated rings. The number of hydrogen-bond acceptors (Lipinski definition) is 8. The third-order valence-corrected chi connectivity index (χ3v) is 5.99. The number of aromatic amines is 1. The zero-order valence-corrected chi connectivity index (χ0v) is 19.9. The molecular weight excluding hydrogens is 446 g/mol. The number of ether oxygens (including phenoxy) is 3. The van der Waals surface area contributed by atoms with Crippen molar-refractivity contribution in [3.63, 3.8) is 0 Å².